The van der Waals surface area contributed by atoms with Gasteiger partial charge >= 0.3 is 6.03 Å². The normalized spacial score (nSPS) is 12.0. The molecular formula is C14H21N3O3. The molecule has 0 saturated heterocycles. The molecule has 0 aromatic heterocycles. The number of primary amides is 1. The van der Waals surface area contributed by atoms with Gasteiger partial charge in [0.25, 0.3) is 0 Å². The number of imide groups is 1. The molecule has 1 aromatic carbocycles. The van der Waals surface area contributed by atoms with Crippen LogP contribution in [0.1, 0.15) is 19.4 Å². The lowest BCUT2D eigenvalue weighted by Crippen LogP contribution is -2.46. The summed E-state index contributed by atoms with van der Waals surface area (Å²) in [5.41, 5.74) is 5.98. The molecule has 1 rings (SSSR count). The van der Waals surface area contributed by atoms with Crippen LogP contribution in [0, 0.1) is 0 Å². The third kappa shape index (κ3) is 4.89. The second kappa shape index (κ2) is 7.49. The van der Waals surface area contributed by atoms with Crippen molar-refractivity contribution in [3.63, 3.8) is 0 Å². The van der Waals surface area contributed by atoms with E-state index in [2.05, 4.69) is 5.32 Å². The third-order valence-electron chi connectivity index (χ3n) is 2.95. The van der Waals surface area contributed by atoms with Crippen LogP contribution in [0.2, 0.25) is 0 Å². The fourth-order valence-corrected chi connectivity index (χ4v) is 1.71. The Bertz CT molecular complexity index is 459. The number of ether oxygens (including phenoxy) is 1. The SMILES string of the molecule is CCOc1ccc(CN(C)[C@@H](C)C(=O)NC(N)=O)cc1. The van der Waals surface area contributed by atoms with E-state index in [1.54, 1.807) is 6.92 Å². The fourth-order valence-electron chi connectivity index (χ4n) is 1.71. The first-order valence-electron chi connectivity index (χ1n) is 6.46. The number of nitrogens with one attached hydrogen (secondary N) is 1. The largest absolute Gasteiger partial charge is 0.494 e. The summed E-state index contributed by atoms with van der Waals surface area (Å²) in [5.74, 6) is 0.407. The summed E-state index contributed by atoms with van der Waals surface area (Å²) < 4.78 is 5.37. The number of nitrogens with zero attached hydrogens (tertiary/aromatic N) is 1. The standard InChI is InChI=1S/C14H21N3O3/c1-4-20-12-7-5-11(6-8-12)9-17(3)10(2)13(18)16-14(15)19/h5-8,10H,4,9H2,1-3H3,(H3,15,16,18,19)/t10-/m0/s1. The van der Waals surface area contributed by atoms with Gasteiger partial charge in [0.1, 0.15) is 5.75 Å². The zero-order valence-electron chi connectivity index (χ0n) is 12.1. The Balaban J connectivity index is 2.58. The lowest BCUT2D eigenvalue weighted by atomic mass is 10.2. The number of hydrogen-bond donors (Lipinski definition) is 2. The minimum Gasteiger partial charge on any atom is -0.494 e. The van der Waals surface area contributed by atoms with Gasteiger partial charge in [-0.25, -0.2) is 4.79 Å². The monoisotopic (exact) mass is 279 g/mol. The van der Waals surface area contributed by atoms with Crippen LogP contribution in [0.3, 0.4) is 0 Å². The Labute approximate surface area is 118 Å². The number of nitrogens with two attached hydrogens (primary N) is 1. The molecular weight excluding hydrogens is 258 g/mol. The van der Waals surface area contributed by atoms with E-state index in [1.807, 2.05) is 43.1 Å². The quantitative estimate of drug-likeness (QED) is 0.816. The van der Waals surface area contributed by atoms with Crippen molar-refractivity contribution < 1.29 is 14.3 Å². The molecule has 0 spiro atoms. The number of carbonyl (C=O) groups excluding carboxylic acids is 2. The van der Waals surface area contributed by atoms with E-state index < -0.39 is 18.0 Å². The highest BCUT2D eigenvalue weighted by molar-refractivity contribution is 5.96. The lowest BCUT2D eigenvalue weighted by Gasteiger charge is -2.23. The predicted octanol–water partition coefficient (Wildman–Crippen LogP) is 1.10. The van der Waals surface area contributed by atoms with Gasteiger partial charge in [-0.1, -0.05) is 12.1 Å². The van der Waals surface area contributed by atoms with Gasteiger partial charge in [-0.3, -0.25) is 15.0 Å². The number of likely N-dealkylation sites (N-methyl/N-ethyl adjacent to an activating group) is 1. The van der Waals surface area contributed by atoms with Crippen molar-refractivity contribution >= 4 is 11.9 Å². The highest BCUT2D eigenvalue weighted by atomic mass is 16.5. The van der Waals surface area contributed by atoms with E-state index in [4.69, 9.17) is 10.5 Å². The number of hydrogen-bond acceptors (Lipinski definition) is 4. The van der Waals surface area contributed by atoms with Gasteiger partial charge < -0.3 is 10.5 Å². The second-order valence-corrected chi connectivity index (χ2v) is 4.52. The van der Waals surface area contributed by atoms with E-state index in [1.165, 1.54) is 0 Å². The molecule has 0 aliphatic heterocycles. The smallest absolute Gasteiger partial charge is 0.318 e. The minimum atomic E-state index is -0.837. The van der Waals surface area contributed by atoms with Crippen molar-refractivity contribution in [1.82, 2.24) is 10.2 Å². The van der Waals surface area contributed by atoms with Crippen LogP contribution in [0.5, 0.6) is 5.75 Å². The molecule has 20 heavy (non-hydrogen) atoms. The lowest BCUT2D eigenvalue weighted by molar-refractivity contribution is -0.124. The summed E-state index contributed by atoms with van der Waals surface area (Å²) >= 11 is 0. The zero-order chi connectivity index (χ0) is 15.1. The van der Waals surface area contributed by atoms with Gasteiger partial charge in [0, 0.05) is 6.54 Å². The number of benzene rings is 1. The first kappa shape index (κ1) is 16.0. The Morgan fingerprint density at radius 1 is 1.35 bits per heavy atom. The average molecular weight is 279 g/mol. The maximum absolute atomic E-state index is 11.7. The maximum Gasteiger partial charge on any atom is 0.318 e. The van der Waals surface area contributed by atoms with Crippen LogP contribution in [-0.4, -0.2) is 36.5 Å². The Morgan fingerprint density at radius 3 is 2.45 bits per heavy atom. The molecule has 1 atom stereocenters. The number of rotatable bonds is 6. The van der Waals surface area contributed by atoms with Crippen molar-refractivity contribution in [2.75, 3.05) is 13.7 Å². The number of carbonyl (C=O) groups is 2. The molecule has 0 aliphatic carbocycles. The summed E-state index contributed by atoms with van der Waals surface area (Å²) in [6, 6.07) is 6.38. The first-order chi connectivity index (χ1) is 9.43. The molecule has 3 amide bonds. The maximum atomic E-state index is 11.7. The summed E-state index contributed by atoms with van der Waals surface area (Å²) in [5, 5.41) is 2.07. The Morgan fingerprint density at radius 2 is 1.95 bits per heavy atom. The van der Waals surface area contributed by atoms with E-state index in [-0.39, 0.29) is 0 Å². The number of urea groups is 1. The van der Waals surface area contributed by atoms with Crippen LogP contribution in [0.15, 0.2) is 24.3 Å². The van der Waals surface area contributed by atoms with Crippen LogP contribution >= 0.6 is 0 Å². The Kier molecular flexibility index (Phi) is 5.99. The third-order valence-corrected chi connectivity index (χ3v) is 2.95. The highest BCUT2D eigenvalue weighted by Crippen LogP contribution is 2.14. The molecule has 110 valence electrons. The minimum absolute atomic E-state index is 0.411. The second-order valence-electron chi connectivity index (χ2n) is 4.52. The van der Waals surface area contributed by atoms with Crippen LogP contribution in [0.25, 0.3) is 0 Å². The fraction of sp³-hybridized carbons (Fsp3) is 0.429. The summed E-state index contributed by atoms with van der Waals surface area (Å²) in [7, 11) is 1.81. The molecule has 0 heterocycles. The van der Waals surface area contributed by atoms with Crippen molar-refractivity contribution in [2.45, 2.75) is 26.4 Å². The van der Waals surface area contributed by atoms with Gasteiger partial charge in [0.2, 0.25) is 5.91 Å². The molecule has 0 fully saturated rings. The van der Waals surface area contributed by atoms with E-state index in [0.29, 0.717) is 13.2 Å². The van der Waals surface area contributed by atoms with Gasteiger partial charge in [-0.2, -0.15) is 0 Å². The first-order valence-corrected chi connectivity index (χ1v) is 6.46. The molecule has 0 radical (unpaired) electrons. The average Bonchev–Trinajstić information content (AvgIpc) is 2.39. The zero-order valence-corrected chi connectivity index (χ0v) is 12.1. The molecule has 0 aliphatic rings. The van der Waals surface area contributed by atoms with Gasteiger partial charge in [0.05, 0.1) is 12.6 Å². The summed E-state index contributed by atoms with van der Waals surface area (Å²) in [4.78, 5) is 24.1. The number of amides is 3. The van der Waals surface area contributed by atoms with E-state index >= 15 is 0 Å². The molecule has 1 aromatic rings. The molecule has 6 nitrogen and oxygen atoms in total. The van der Waals surface area contributed by atoms with Gasteiger partial charge in [0.15, 0.2) is 0 Å². The molecule has 6 heteroatoms. The molecule has 0 bridgehead atoms. The van der Waals surface area contributed by atoms with Crippen molar-refractivity contribution in [3.8, 4) is 5.75 Å². The van der Waals surface area contributed by atoms with Crippen molar-refractivity contribution in [2.24, 2.45) is 5.73 Å². The van der Waals surface area contributed by atoms with Gasteiger partial charge in [-0.05, 0) is 38.6 Å². The highest BCUT2D eigenvalue weighted by Gasteiger charge is 2.19. The van der Waals surface area contributed by atoms with E-state index in [0.717, 1.165) is 11.3 Å². The van der Waals surface area contributed by atoms with Crippen LogP contribution in [0.4, 0.5) is 4.79 Å². The van der Waals surface area contributed by atoms with Crippen molar-refractivity contribution in [3.05, 3.63) is 29.8 Å². The van der Waals surface area contributed by atoms with E-state index in [9.17, 15) is 9.59 Å². The molecule has 0 unspecified atom stereocenters. The molecule has 0 saturated carbocycles. The predicted molar refractivity (Wildman–Crippen MR) is 76.3 cm³/mol. The Hall–Kier alpha value is -2.08. The van der Waals surface area contributed by atoms with Gasteiger partial charge in [-0.15, -0.1) is 0 Å². The molecule has 3 N–H and O–H groups in total. The summed E-state index contributed by atoms with van der Waals surface area (Å²) in [6.07, 6.45) is 0. The topological polar surface area (TPSA) is 84.7 Å². The van der Waals surface area contributed by atoms with Crippen LogP contribution < -0.4 is 15.8 Å². The summed E-state index contributed by atoms with van der Waals surface area (Å²) in [6.45, 7) is 4.86. The van der Waals surface area contributed by atoms with Crippen LogP contribution in [-0.2, 0) is 11.3 Å². The van der Waals surface area contributed by atoms with Crippen molar-refractivity contribution in [1.29, 1.82) is 0 Å².